The van der Waals surface area contributed by atoms with E-state index in [2.05, 4.69) is 44.0 Å². The van der Waals surface area contributed by atoms with Gasteiger partial charge in [-0.3, -0.25) is 4.79 Å². The van der Waals surface area contributed by atoms with E-state index in [-0.39, 0.29) is 0 Å². The third-order valence-corrected chi connectivity index (χ3v) is 4.76. The molecular formula is C13H22N2OS2. The summed E-state index contributed by atoms with van der Waals surface area (Å²) < 4.78 is 0. The van der Waals surface area contributed by atoms with Gasteiger partial charge in [0.25, 0.3) is 0 Å². The lowest BCUT2D eigenvalue weighted by Crippen LogP contribution is -2.29. The third kappa shape index (κ3) is 3.72. The molecule has 0 fully saturated rings. The maximum atomic E-state index is 11.1. The number of hydrogen-bond acceptors (Lipinski definition) is 5. The summed E-state index contributed by atoms with van der Waals surface area (Å²) in [6, 6.07) is 0.447. The molecule has 102 valence electrons. The zero-order valence-corrected chi connectivity index (χ0v) is 13.4. The van der Waals surface area contributed by atoms with Gasteiger partial charge in [-0.05, 0) is 31.3 Å². The fraction of sp³-hybridized carbons (Fsp3) is 0.692. The highest BCUT2D eigenvalue weighted by molar-refractivity contribution is 7.98. The minimum atomic E-state index is 0.296. The largest absolute Gasteiger partial charge is 0.348 e. The van der Waals surface area contributed by atoms with E-state index in [4.69, 9.17) is 0 Å². The molecule has 1 aromatic rings. The number of nitrogens with zero attached hydrogens (tertiary/aromatic N) is 2. The van der Waals surface area contributed by atoms with Crippen molar-refractivity contribution >= 4 is 34.5 Å². The average Bonchev–Trinajstić information content (AvgIpc) is 2.79. The summed E-state index contributed by atoms with van der Waals surface area (Å²) in [4.78, 5) is 18.6. The zero-order valence-electron chi connectivity index (χ0n) is 11.8. The number of carbonyl (C=O) groups excluding carboxylic acids is 1. The van der Waals surface area contributed by atoms with Crippen molar-refractivity contribution < 1.29 is 4.79 Å². The van der Waals surface area contributed by atoms with Gasteiger partial charge in [-0.2, -0.15) is 11.8 Å². The second-order valence-corrected chi connectivity index (χ2v) is 6.75. The molecule has 0 saturated heterocycles. The fourth-order valence-corrected chi connectivity index (χ4v) is 3.33. The molecule has 0 radical (unpaired) electrons. The summed E-state index contributed by atoms with van der Waals surface area (Å²) in [5, 5.41) is 0.953. The molecule has 1 rings (SSSR count). The molecule has 3 nitrogen and oxygen atoms in total. The molecule has 0 spiro atoms. The lowest BCUT2D eigenvalue weighted by molar-refractivity contribution is 0.112. The molecule has 18 heavy (non-hydrogen) atoms. The molecule has 1 aromatic heterocycles. The second kappa shape index (κ2) is 7.14. The maximum absolute atomic E-state index is 11.1. The minimum Gasteiger partial charge on any atom is -0.348 e. The van der Waals surface area contributed by atoms with Crippen molar-refractivity contribution in [1.29, 1.82) is 0 Å². The summed E-state index contributed by atoms with van der Waals surface area (Å²) in [5.74, 6) is 1.44. The van der Waals surface area contributed by atoms with E-state index in [0.717, 1.165) is 34.2 Å². The van der Waals surface area contributed by atoms with Crippen LogP contribution in [-0.4, -0.2) is 36.4 Å². The Balaban J connectivity index is 2.85. The second-order valence-electron chi connectivity index (χ2n) is 4.76. The highest BCUT2D eigenvalue weighted by Gasteiger charge is 2.18. The predicted molar refractivity (Wildman–Crippen MR) is 82.5 cm³/mol. The van der Waals surface area contributed by atoms with Crippen molar-refractivity contribution in [2.24, 2.45) is 0 Å². The number of aldehydes is 1. The first kappa shape index (κ1) is 15.5. The zero-order chi connectivity index (χ0) is 13.7. The predicted octanol–water partition coefficient (Wildman–Crippen LogP) is 3.66. The number of rotatable bonds is 7. The van der Waals surface area contributed by atoms with Crippen molar-refractivity contribution in [3.63, 3.8) is 0 Å². The van der Waals surface area contributed by atoms with Gasteiger partial charge in [-0.25, -0.2) is 4.98 Å². The highest BCUT2D eigenvalue weighted by Crippen LogP contribution is 2.30. The first-order valence-electron chi connectivity index (χ1n) is 6.18. The van der Waals surface area contributed by atoms with E-state index in [1.807, 2.05) is 11.8 Å². The van der Waals surface area contributed by atoms with Crippen molar-refractivity contribution in [2.75, 3.05) is 24.0 Å². The Labute approximate surface area is 118 Å². The number of aromatic nitrogens is 1. The van der Waals surface area contributed by atoms with Crippen molar-refractivity contribution in [3.8, 4) is 0 Å². The number of thioether (sulfide) groups is 1. The molecule has 0 amide bonds. The van der Waals surface area contributed by atoms with Crippen LogP contribution in [0.5, 0.6) is 0 Å². The molecule has 1 atom stereocenters. The van der Waals surface area contributed by atoms with Gasteiger partial charge in [0.1, 0.15) is 0 Å². The molecule has 1 unspecified atom stereocenters. The quantitative estimate of drug-likeness (QED) is 0.716. The van der Waals surface area contributed by atoms with E-state index >= 15 is 0 Å². The minimum absolute atomic E-state index is 0.296. The maximum Gasteiger partial charge on any atom is 0.186 e. The summed E-state index contributed by atoms with van der Waals surface area (Å²) in [6.45, 7) is 6.35. The first-order valence-corrected chi connectivity index (χ1v) is 8.40. The molecule has 0 aromatic carbocycles. The molecule has 5 heteroatoms. The Hall–Kier alpha value is -0.550. The number of carbonyl (C=O) groups is 1. The highest BCUT2D eigenvalue weighted by atomic mass is 32.2. The van der Waals surface area contributed by atoms with Crippen LogP contribution in [0.2, 0.25) is 0 Å². The fourth-order valence-electron chi connectivity index (χ4n) is 1.65. The van der Waals surface area contributed by atoms with Crippen LogP contribution in [-0.2, 0) is 0 Å². The van der Waals surface area contributed by atoms with Crippen LogP contribution in [0.15, 0.2) is 0 Å². The van der Waals surface area contributed by atoms with Gasteiger partial charge < -0.3 is 4.90 Å². The van der Waals surface area contributed by atoms with Crippen LogP contribution in [0.1, 0.15) is 48.5 Å². The summed E-state index contributed by atoms with van der Waals surface area (Å²) in [7, 11) is 2.06. The van der Waals surface area contributed by atoms with Crippen LogP contribution in [0.4, 0.5) is 5.13 Å². The third-order valence-electron chi connectivity index (χ3n) is 3.03. The monoisotopic (exact) mass is 286 g/mol. The number of anilines is 1. The van der Waals surface area contributed by atoms with Crippen LogP contribution in [0.25, 0.3) is 0 Å². The first-order chi connectivity index (χ1) is 8.51. The lowest BCUT2D eigenvalue weighted by atomic mass is 10.1. The SMILES string of the molecule is CSCCC(C)N(C)c1nc(C(C)C)c(C=O)s1. The standard InChI is InChI=1S/C13H22N2OS2/c1-9(2)12-11(8-16)18-13(14-12)15(4)10(3)6-7-17-5/h8-10H,6-7H2,1-5H3. The molecule has 0 saturated carbocycles. The summed E-state index contributed by atoms with van der Waals surface area (Å²) in [6.07, 6.45) is 4.18. The van der Waals surface area contributed by atoms with E-state index in [9.17, 15) is 4.79 Å². The van der Waals surface area contributed by atoms with E-state index < -0.39 is 0 Å². The number of hydrogen-bond donors (Lipinski definition) is 0. The Morgan fingerprint density at radius 3 is 2.56 bits per heavy atom. The smallest absolute Gasteiger partial charge is 0.186 e. The number of thiazole rings is 1. The molecule has 0 bridgehead atoms. The molecule has 0 aliphatic carbocycles. The van der Waals surface area contributed by atoms with Crippen molar-refractivity contribution in [1.82, 2.24) is 4.98 Å². The van der Waals surface area contributed by atoms with Crippen LogP contribution < -0.4 is 4.90 Å². The topological polar surface area (TPSA) is 33.2 Å². The molecule has 0 N–H and O–H groups in total. The van der Waals surface area contributed by atoms with Crippen LogP contribution >= 0.6 is 23.1 Å². The van der Waals surface area contributed by atoms with E-state index in [1.165, 1.54) is 11.3 Å². The van der Waals surface area contributed by atoms with Gasteiger partial charge >= 0.3 is 0 Å². The average molecular weight is 286 g/mol. The van der Waals surface area contributed by atoms with Gasteiger partial charge in [0, 0.05) is 13.1 Å². The molecular weight excluding hydrogens is 264 g/mol. The summed E-state index contributed by atoms with van der Waals surface area (Å²) >= 11 is 3.36. The van der Waals surface area contributed by atoms with E-state index in [1.54, 1.807) is 0 Å². The Morgan fingerprint density at radius 2 is 2.11 bits per heavy atom. The summed E-state index contributed by atoms with van der Waals surface area (Å²) in [5.41, 5.74) is 0.925. The lowest BCUT2D eigenvalue weighted by Gasteiger charge is -2.23. The molecule has 1 heterocycles. The Morgan fingerprint density at radius 1 is 1.44 bits per heavy atom. The van der Waals surface area contributed by atoms with Gasteiger partial charge in [-0.1, -0.05) is 25.2 Å². The van der Waals surface area contributed by atoms with Crippen molar-refractivity contribution in [3.05, 3.63) is 10.6 Å². The normalized spacial score (nSPS) is 12.8. The van der Waals surface area contributed by atoms with Gasteiger partial charge in [0.2, 0.25) is 0 Å². The van der Waals surface area contributed by atoms with Crippen LogP contribution in [0, 0.1) is 0 Å². The van der Waals surface area contributed by atoms with Crippen molar-refractivity contribution in [2.45, 2.75) is 39.2 Å². The molecule has 0 aliphatic heterocycles. The molecule has 0 aliphatic rings. The Bertz CT molecular complexity index is 390. The van der Waals surface area contributed by atoms with Gasteiger partial charge in [0.15, 0.2) is 11.4 Å². The van der Waals surface area contributed by atoms with Gasteiger partial charge in [-0.15, -0.1) is 0 Å². The van der Waals surface area contributed by atoms with E-state index in [0.29, 0.717) is 12.0 Å². The van der Waals surface area contributed by atoms with Crippen LogP contribution in [0.3, 0.4) is 0 Å². The Kier molecular flexibility index (Phi) is 6.15. The van der Waals surface area contributed by atoms with Gasteiger partial charge in [0.05, 0.1) is 10.6 Å².